The third-order valence-corrected chi connectivity index (χ3v) is 4.87. The van der Waals surface area contributed by atoms with Crippen molar-refractivity contribution in [2.45, 2.75) is 25.3 Å². The zero-order valence-corrected chi connectivity index (χ0v) is 13.9. The van der Waals surface area contributed by atoms with Crippen LogP contribution in [0.4, 0.5) is 8.78 Å². The van der Waals surface area contributed by atoms with Gasteiger partial charge in [0.2, 0.25) is 5.91 Å². The van der Waals surface area contributed by atoms with E-state index in [-0.39, 0.29) is 23.8 Å². The lowest BCUT2D eigenvalue weighted by Crippen LogP contribution is -2.13. The Bertz CT molecular complexity index is 986. The molecular weight excluding hydrogens is 346 g/mol. The third kappa shape index (κ3) is 2.72. The van der Waals surface area contributed by atoms with Gasteiger partial charge in [-0.1, -0.05) is 6.07 Å². The van der Waals surface area contributed by atoms with E-state index >= 15 is 0 Å². The van der Waals surface area contributed by atoms with Gasteiger partial charge in [0.05, 0.1) is 6.42 Å². The summed E-state index contributed by atoms with van der Waals surface area (Å²) < 4.78 is 31.8. The number of nitrogens with zero attached hydrogens (tertiary/aromatic N) is 3. The Balaban J connectivity index is 1.64. The zero-order valence-electron chi connectivity index (χ0n) is 13.1. The van der Waals surface area contributed by atoms with E-state index in [1.807, 2.05) is 4.57 Å². The second-order valence-electron chi connectivity index (χ2n) is 6.04. The fourth-order valence-electron chi connectivity index (χ4n) is 3.39. The first-order valence-corrected chi connectivity index (χ1v) is 8.21. The molecule has 128 valence electrons. The predicted octanol–water partition coefficient (Wildman–Crippen LogP) is 3.24. The van der Waals surface area contributed by atoms with Crippen molar-refractivity contribution in [3.05, 3.63) is 70.3 Å². The van der Waals surface area contributed by atoms with Crippen LogP contribution >= 0.6 is 12.2 Å². The van der Waals surface area contributed by atoms with Gasteiger partial charge in [-0.05, 0) is 30.8 Å². The minimum Gasteiger partial charge on any atom is -0.334 e. The van der Waals surface area contributed by atoms with Crippen LogP contribution in [0.5, 0.6) is 0 Å². The van der Waals surface area contributed by atoms with Gasteiger partial charge >= 0.3 is 0 Å². The minimum absolute atomic E-state index is 0.0764. The van der Waals surface area contributed by atoms with E-state index in [2.05, 4.69) is 9.97 Å². The number of aromatic amines is 1. The summed E-state index contributed by atoms with van der Waals surface area (Å²) in [6.45, 7) is 0.391. The summed E-state index contributed by atoms with van der Waals surface area (Å²) in [6.07, 6.45) is 5.09. The number of aromatic nitrogens is 4. The highest BCUT2D eigenvalue weighted by Gasteiger charge is 2.31. The Kier molecular flexibility index (Phi) is 3.84. The van der Waals surface area contributed by atoms with Crippen molar-refractivity contribution < 1.29 is 13.6 Å². The van der Waals surface area contributed by atoms with Gasteiger partial charge in [0.25, 0.3) is 0 Å². The smallest absolute Gasteiger partial charge is 0.237 e. The highest BCUT2D eigenvalue weighted by atomic mass is 32.1. The Morgan fingerprint density at radius 2 is 2.12 bits per heavy atom. The van der Waals surface area contributed by atoms with Gasteiger partial charge in [0, 0.05) is 41.8 Å². The largest absolute Gasteiger partial charge is 0.334 e. The maximum Gasteiger partial charge on any atom is 0.237 e. The summed E-state index contributed by atoms with van der Waals surface area (Å²) in [5.41, 5.74) is 1.58. The maximum atomic E-state index is 14.1. The molecule has 1 N–H and O–H groups in total. The van der Waals surface area contributed by atoms with E-state index in [0.29, 0.717) is 23.4 Å². The molecule has 3 aromatic rings. The maximum absolute atomic E-state index is 14.1. The van der Waals surface area contributed by atoms with Crippen molar-refractivity contribution in [3.8, 4) is 0 Å². The van der Waals surface area contributed by atoms with Crippen LogP contribution in [0.2, 0.25) is 0 Å². The number of carbonyl (C=O) groups excluding carboxylic acids is 1. The first-order valence-electron chi connectivity index (χ1n) is 7.80. The Hall–Kier alpha value is -2.61. The van der Waals surface area contributed by atoms with Crippen LogP contribution in [-0.2, 0) is 19.4 Å². The predicted molar refractivity (Wildman–Crippen MR) is 89.0 cm³/mol. The molecular formula is C17H14F2N4OS. The first kappa shape index (κ1) is 15.9. The van der Waals surface area contributed by atoms with Crippen LogP contribution in [0, 0.1) is 16.4 Å². The molecule has 3 heterocycles. The monoisotopic (exact) mass is 360 g/mol. The number of hydrogen-bond donors (Lipinski definition) is 1. The molecule has 5 nitrogen and oxygen atoms in total. The summed E-state index contributed by atoms with van der Waals surface area (Å²) in [5, 5.41) is 0. The van der Waals surface area contributed by atoms with Gasteiger partial charge in [-0.25, -0.2) is 13.8 Å². The second kappa shape index (κ2) is 6.03. The normalized spacial score (nSPS) is 16.2. The second-order valence-corrected chi connectivity index (χ2v) is 6.43. The molecule has 1 aliphatic heterocycles. The Labute approximate surface area is 146 Å². The van der Waals surface area contributed by atoms with Crippen molar-refractivity contribution >= 4 is 18.1 Å². The summed E-state index contributed by atoms with van der Waals surface area (Å²) in [4.78, 5) is 19.2. The molecule has 2 aromatic heterocycles. The number of benzene rings is 1. The van der Waals surface area contributed by atoms with Crippen LogP contribution in [0.1, 0.15) is 27.7 Å². The lowest BCUT2D eigenvalue weighted by atomic mass is 9.95. The lowest BCUT2D eigenvalue weighted by Gasteiger charge is -2.12. The quantitative estimate of drug-likeness (QED) is 0.730. The molecule has 1 atom stereocenters. The lowest BCUT2D eigenvalue weighted by molar-refractivity contribution is 0.0912. The Morgan fingerprint density at radius 3 is 2.80 bits per heavy atom. The number of rotatable bonds is 3. The number of hydrogen-bond acceptors (Lipinski definition) is 3. The number of halogens is 2. The van der Waals surface area contributed by atoms with E-state index in [0.717, 1.165) is 5.69 Å². The van der Waals surface area contributed by atoms with Crippen LogP contribution in [0.3, 0.4) is 0 Å². The standard InChI is InChI=1S/C17H14F2N4OS/c18-11-2-1-3-12(19)16(11)10-6-14-13(21-17(25)23(14)8-10)7-15(24)22-5-4-20-9-22/h1-5,9-10H,6-8H2,(H,21,25). The van der Waals surface area contributed by atoms with Gasteiger partial charge in [-0.15, -0.1) is 0 Å². The highest BCUT2D eigenvalue weighted by Crippen LogP contribution is 2.34. The highest BCUT2D eigenvalue weighted by molar-refractivity contribution is 7.71. The van der Waals surface area contributed by atoms with Crippen LogP contribution in [-0.4, -0.2) is 25.0 Å². The fourth-order valence-corrected chi connectivity index (χ4v) is 3.70. The molecule has 0 radical (unpaired) electrons. The van der Waals surface area contributed by atoms with E-state index in [4.69, 9.17) is 12.2 Å². The van der Waals surface area contributed by atoms with Crippen molar-refractivity contribution in [2.24, 2.45) is 0 Å². The molecule has 0 saturated heterocycles. The average molecular weight is 360 g/mol. The van der Waals surface area contributed by atoms with Crippen LogP contribution in [0.25, 0.3) is 0 Å². The molecule has 0 fully saturated rings. The van der Waals surface area contributed by atoms with Gasteiger partial charge < -0.3 is 9.55 Å². The van der Waals surface area contributed by atoms with Gasteiger partial charge in [-0.3, -0.25) is 9.36 Å². The molecule has 0 saturated carbocycles. The first-order chi connectivity index (χ1) is 12.0. The number of fused-ring (bicyclic) bond motifs is 1. The average Bonchev–Trinajstić information content (AvgIpc) is 3.28. The van der Waals surface area contributed by atoms with E-state index in [1.54, 1.807) is 6.20 Å². The van der Waals surface area contributed by atoms with Crippen molar-refractivity contribution in [3.63, 3.8) is 0 Å². The van der Waals surface area contributed by atoms with Gasteiger partial charge in [0.15, 0.2) is 4.77 Å². The Morgan fingerprint density at radius 1 is 1.36 bits per heavy atom. The third-order valence-electron chi connectivity index (χ3n) is 4.55. The van der Waals surface area contributed by atoms with Gasteiger partial charge in [0.1, 0.15) is 18.0 Å². The molecule has 1 aliphatic rings. The molecule has 0 amide bonds. The van der Waals surface area contributed by atoms with Crippen molar-refractivity contribution in [1.29, 1.82) is 0 Å². The van der Waals surface area contributed by atoms with Gasteiger partial charge in [-0.2, -0.15) is 0 Å². The molecule has 1 unspecified atom stereocenters. The molecule has 0 spiro atoms. The molecule has 0 aliphatic carbocycles. The molecule has 25 heavy (non-hydrogen) atoms. The summed E-state index contributed by atoms with van der Waals surface area (Å²) in [5.74, 6) is -1.60. The molecule has 0 bridgehead atoms. The van der Waals surface area contributed by atoms with E-state index in [1.165, 1.54) is 35.3 Å². The van der Waals surface area contributed by atoms with Crippen LogP contribution in [0.15, 0.2) is 36.9 Å². The van der Waals surface area contributed by atoms with E-state index < -0.39 is 11.6 Å². The van der Waals surface area contributed by atoms with E-state index in [9.17, 15) is 13.6 Å². The van der Waals surface area contributed by atoms with Crippen molar-refractivity contribution in [2.75, 3.05) is 0 Å². The number of imidazole rings is 2. The van der Waals surface area contributed by atoms with Crippen LogP contribution < -0.4 is 0 Å². The molecule has 4 rings (SSSR count). The van der Waals surface area contributed by atoms with Crippen molar-refractivity contribution in [1.82, 2.24) is 19.1 Å². The fraction of sp³-hybridized carbons (Fsp3) is 0.235. The SMILES string of the molecule is O=C(Cc1[nH]c(=S)n2c1CC(c1c(F)cccc1F)C2)n1ccnc1. The summed E-state index contributed by atoms with van der Waals surface area (Å²) >= 11 is 5.31. The molecule has 8 heteroatoms. The topological polar surface area (TPSA) is 55.6 Å². The minimum atomic E-state index is -0.554. The summed E-state index contributed by atoms with van der Waals surface area (Å²) in [6, 6.07) is 3.87. The number of nitrogens with one attached hydrogen (secondary N) is 1. The number of carbonyl (C=O) groups is 1. The summed E-state index contributed by atoms with van der Waals surface area (Å²) in [7, 11) is 0. The zero-order chi connectivity index (χ0) is 17.6. The molecule has 1 aromatic carbocycles. The number of H-pyrrole nitrogens is 1.